The molecule has 112 valence electrons. The van der Waals surface area contributed by atoms with Gasteiger partial charge in [0.25, 0.3) is 5.69 Å². The van der Waals surface area contributed by atoms with Gasteiger partial charge < -0.3 is 14.1 Å². The van der Waals surface area contributed by atoms with Crippen molar-refractivity contribution in [2.45, 2.75) is 6.10 Å². The smallest absolute Gasteiger partial charge is 0.293 e. The fraction of sp³-hybridized carbons (Fsp3) is 0.267. The molecule has 7 heteroatoms. The summed E-state index contributed by atoms with van der Waals surface area (Å²) in [6.07, 6.45) is 1.31. The van der Waals surface area contributed by atoms with E-state index in [0.717, 1.165) is 0 Å². The summed E-state index contributed by atoms with van der Waals surface area (Å²) < 4.78 is 11.0. The van der Waals surface area contributed by atoms with Crippen molar-refractivity contribution in [1.82, 2.24) is 0 Å². The number of hydrogen-bond donors (Lipinski definition) is 0. The number of anilines is 1. The van der Waals surface area contributed by atoms with Crippen LogP contribution < -0.4 is 4.90 Å². The molecule has 3 rings (SSSR count). The fourth-order valence-electron chi connectivity index (χ4n) is 2.52. The highest BCUT2D eigenvalue weighted by Gasteiger charge is 2.28. The Labute approximate surface area is 126 Å². The molecule has 1 aliphatic rings. The molecule has 0 aliphatic carbocycles. The number of rotatable bonds is 3. The van der Waals surface area contributed by atoms with Crippen LogP contribution in [0.4, 0.5) is 11.4 Å². The minimum absolute atomic E-state index is 0.0702. The third-order valence-electron chi connectivity index (χ3n) is 3.57. The first-order chi connectivity index (χ1) is 10.7. The molecule has 1 aromatic heterocycles. The lowest BCUT2D eigenvalue weighted by molar-refractivity contribution is -0.384. The van der Waals surface area contributed by atoms with E-state index in [4.69, 9.17) is 14.4 Å². The summed E-state index contributed by atoms with van der Waals surface area (Å²) in [4.78, 5) is 12.7. The van der Waals surface area contributed by atoms with Gasteiger partial charge in [0.1, 0.15) is 17.6 Å². The van der Waals surface area contributed by atoms with Gasteiger partial charge in [0.15, 0.2) is 0 Å². The molecule has 2 aromatic rings. The second-order valence-corrected chi connectivity index (χ2v) is 4.89. The summed E-state index contributed by atoms with van der Waals surface area (Å²) in [6.45, 7) is 1.45. The quantitative estimate of drug-likeness (QED) is 0.639. The number of nitro groups is 1. The standard InChI is InChI=1S/C15H13N3O4/c16-9-11-3-4-12(13(8-11)18(19)20)17-5-7-22-15(10-17)14-2-1-6-21-14/h1-4,6,8,15H,5,7,10H2. The Morgan fingerprint density at radius 1 is 1.41 bits per heavy atom. The molecule has 0 amide bonds. The number of nitro benzene ring substituents is 1. The summed E-state index contributed by atoms with van der Waals surface area (Å²) in [5.74, 6) is 0.695. The molecule has 0 bridgehead atoms. The molecular formula is C15H13N3O4. The molecule has 1 aliphatic heterocycles. The second kappa shape index (κ2) is 5.87. The van der Waals surface area contributed by atoms with E-state index in [9.17, 15) is 10.1 Å². The van der Waals surface area contributed by atoms with Gasteiger partial charge >= 0.3 is 0 Å². The van der Waals surface area contributed by atoms with Crippen molar-refractivity contribution in [1.29, 1.82) is 5.26 Å². The maximum atomic E-state index is 11.3. The largest absolute Gasteiger partial charge is 0.467 e. The Bertz CT molecular complexity index is 721. The predicted molar refractivity (Wildman–Crippen MR) is 77.4 cm³/mol. The Morgan fingerprint density at radius 3 is 2.95 bits per heavy atom. The van der Waals surface area contributed by atoms with E-state index in [1.807, 2.05) is 17.0 Å². The number of nitrogens with zero attached hydrogens (tertiary/aromatic N) is 3. The Kier molecular flexibility index (Phi) is 3.76. The number of furan rings is 1. The van der Waals surface area contributed by atoms with Crippen molar-refractivity contribution in [3.63, 3.8) is 0 Å². The fourth-order valence-corrected chi connectivity index (χ4v) is 2.52. The van der Waals surface area contributed by atoms with Gasteiger partial charge in [-0.05, 0) is 24.3 Å². The number of benzene rings is 1. The van der Waals surface area contributed by atoms with E-state index in [0.29, 0.717) is 31.1 Å². The molecule has 1 aromatic carbocycles. The molecular weight excluding hydrogens is 286 g/mol. The van der Waals surface area contributed by atoms with Crippen molar-refractivity contribution >= 4 is 11.4 Å². The molecule has 1 atom stereocenters. The predicted octanol–water partition coefficient (Wildman–Crippen LogP) is 2.64. The van der Waals surface area contributed by atoms with Gasteiger partial charge in [-0.2, -0.15) is 5.26 Å². The molecule has 2 heterocycles. The van der Waals surface area contributed by atoms with Crippen LogP contribution in [0.2, 0.25) is 0 Å². The Balaban J connectivity index is 1.90. The van der Waals surface area contributed by atoms with Crippen LogP contribution in [0, 0.1) is 21.4 Å². The summed E-state index contributed by atoms with van der Waals surface area (Å²) in [5.41, 5.74) is 0.689. The van der Waals surface area contributed by atoms with Crippen molar-refractivity contribution in [3.8, 4) is 6.07 Å². The van der Waals surface area contributed by atoms with E-state index in [-0.39, 0.29) is 17.4 Å². The van der Waals surface area contributed by atoms with Crippen molar-refractivity contribution in [3.05, 3.63) is 58.0 Å². The van der Waals surface area contributed by atoms with Crippen molar-refractivity contribution in [2.75, 3.05) is 24.6 Å². The molecule has 0 N–H and O–H groups in total. The van der Waals surface area contributed by atoms with Crippen molar-refractivity contribution in [2.24, 2.45) is 0 Å². The van der Waals surface area contributed by atoms with E-state index >= 15 is 0 Å². The van der Waals surface area contributed by atoms with Gasteiger partial charge in [-0.1, -0.05) is 0 Å². The third kappa shape index (κ3) is 2.64. The normalized spacial score (nSPS) is 18.0. The zero-order valence-corrected chi connectivity index (χ0v) is 11.6. The van der Waals surface area contributed by atoms with Gasteiger partial charge in [0.05, 0.1) is 36.0 Å². The maximum Gasteiger partial charge on any atom is 0.293 e. The van der Waals surface area contributed by atoms with E-state index in [1.165, 1.54) is 6.07 Å². The van der Waals surface area contributed by atoms with Crippen LogP contribution in [-0.2, 0) is 4.74 Å². The SMILES string of the molecule is N#Cc1ccc(N2CCOC(c3ccco3)C2)c([N+](=O)[O-])c1. The van der Waals surface area contributed by atoms with Crippen LogP contribution in [-0.4, -0.2) is 24.6 Å². The first-order valence-corrected chi connectivity index (χ1v) is 6.77. The lowest BCUT2D eigenvalue weighted by Gasteiger charge is -2.33. The number of hydrogen-bond acceptors (Lipinski definition) is 6. The molecule has 22 heavy (non-hydrogen) atoms. The third-order valence-corrected chi connectivity index (χ3v) is 3.57. The van der Waals surface area contributed by atoms with Crippen LogP contribution in [0.3, 0.4) is 0 Å². The van der Waals surface area contributed by atoms with E-state index in [1.54, 1.807) is 24.5 Å². The second-order valence-electron chi connectivity index (χ2n) is 4.89. The average molecular weight is 299 g/mol. The van der Waals surface area contributed by atoms with E-state index in [2.05, 4.69) is 0 Å². The first-order valence-electron chi connectivity index (χ1n) is 6.77. The highest BCUT2D eigenvalue weighted by atomic mass is 16.6. The van der Waals surface area contributed by atoms with Crippen LogP contribution in [0.1, 0.15) is 17.4 Å². The first kappa shape index (κ1) is 14.1. The maximum absolute atomic E-state index is 11.3. The van der Waals surface area contributed by atoms with Crippen molar-refractivity contribution < 1.29 is 14.1 Å². The van der Waals surface area contributed by atoms with Crippen LogP contribution in [0.5, 0.6) is 0 Å². The van der Waals surface area contributed by atoms with Gasteiger partial charge in [-0.25, -0.2) is 0 Å². The zero-order valence-electron chi connectivity index (χ0n) is 11.6. The molecule has 7 nitrogen and oxygen atoms in total. The molecule has 0 saturated carbocycles. The Hall–Kier alpha value is -2.85. The zero-order chi connectivity index (χ0) is 15.5. The lowest BCUT2D eigenvalue weighted by atomic mass is 10.1. The van der Waals surface area contributed by atoms with Crippen LogP contribution >= 0.6 is 0 Å². The van der Waals surface area contributed by atoms with Crippen LogP contribution in [0.25, 0.3) is 0 Å². The summed E-state index contributed by atoms with van der Waals surface area (Å²) in [6, 6.07) is 10.0. The summed E-state index contributed by atoms with van der Waals surface area (Å²) in [7, 11) is 0. The number of morpholine rings is 1. The number of ether oxygens (including phenoxy) is 1. The molecule has 1 unspecified atom stereocenters. The van der Waals surface area contributed by atoms with Crippen LogP contribution in [0.15, 0.2) is 41.0 Å². The summed E-state index contributed by atoms with van der Waals surface area (Å²) in [5, 5.41) is 20.2. The van der Waals surface area contributed by atoms with Gasteiger partial charge in [-0.15, -0.1) is 0 Å². The van der Waals surface area contributed by atoms with Gasteiger partial charge in [0, 0.05) is 12.6 Å². The highest BCUT2D eigenvalue weighted by molar-refractivity contribution is 5.66. The minimum Gasteiger partial charge on any atom is -0.467 e. The lowest BCUT2D eigenvalue weighted by Crippen LogP contribution is -2.38. The topological polar surface area (TPSA) is 92.5 Å². The monoisotopic (exact) mass is 299 g/mol. The number of nitriles is 1. The molecule has 0 spiro atoms. The highest BCUT2D eigenvalue weighted by Crippen LogP contribution is 2.33. The van der Waals surface area contributed by atoms with E-state index < -0.39 is 4.92 Å². The Morgan fingerprint density at radius 2 is 2.27 bits per heavy atom. The molecule has 1 fully saturated rings. The molecule has 1 saturated heterocycles. The minimum atomic E-state index is -0.465. The average Bonchev–Trinajstić information content (AvgIpc) is 3.09. The van der Waals surface area contributed by atoms with Gasteiger partial charge in [0.2, 0.25) is 0 Å². The summed E-state index contributed by atoms with van der Waals surface area (Å²) >= 11 is 0. The van der Waals surface area contributed by atoms with Gasteiger partial charge in [-0.3, -0.25) is 10.1 Å². The molecule has 0 radical (unpaired) electrons.